The Kier molecular flexibility index (Phi) is 8.54. The monoisotopic (exact) mass is 475 g/mol. The summed E-state index contributed by atoms with van der Waals surface area (Å²) in [6, 6.07) is 8.49. The molecule has 0 radical (unpaired) electrons. The van der Waals surface area contributed by atoms with E-state index in [1.807, 2.05) is 28.0 Å². The normalized spacial score (nSPS) is 22.9. The molecular formula is C24H34BrN3O2. The molecule has 30 heavy (non-hydrogen) atoms. The maximum absolute atomic E-state index is 13.7. The van der Waals surface area contributed by atoms with Gasteiger partial charge in [0.05, 0.1) is 18.8 Å². The number of nitrogens with one attached hydrogen (secondary N) is 1. The van der Waals surface area contributed by atoms with E-state index >= 15 is 0 Å². The molecule has 5 nitrogen and oxygen atoms in total. The highest BCUT2D eigenvalue weighted by molar-refractivity contribution is 9.10. The number of halogens is 1. The molecule has 2 heterocycles. The summed E-state index contributed by atoms with van der Waals surface area (Å²) in [7, 11) is 0. The van der Waals surface area contributed by atoms with E-state index in [1.54, 1.807) is 6.20 Å². The zero-order valence-corrected chi connectivity index (χ0v) is 19.7. The van der Waals surface area contributed by atoms with Gasteiger partial charge in [0.15, 0.2) is 0 Å². The first-order valence-electron chi connectivity index (χ1n) is 11.1. The molecule has 2 saturated heterocycles. The van der Waals surface area contributed by atoms with Crippen molar-refractivity contribution in [3.05, 3.63) is 58.9 Å². The minimum atomic E-state index is -0.0139. The quantitative estimate of drug-likeness (QED) is 0.440. The van der Waals surface area contributed by atoms with Gasteiger partial charge >= 0.3 is 0 Å². The minimum Gasteiger partial charge on any atom is -0.373 e. The van der Waals surface area contributed by atoms with E-state index in [-0.39, 0.29) is 18.1 Å². The van der Waals surface area contributed by atoms with Crippen LogP contribution in [0.2, 0.25) is 0 Å². The van der Waals surface area contributed by atoms with E-state index in [1.165, 1.54) is 0 Å². The lowest BCUT2D eigenvalue weighted by atomic mass is 9.99. The van der Waals surface area contributed by atoms with Crippen LogP contribution in [-0.2, 0) is 9.53 Å². The third-order valence-electron chi connectivity index (χ3n) is 6.05. The molecule has 6 heteroatoms. The van der Waals surface area contributed by atoms with E-state index in [9.17, 15) is 4.79 Å². The van der Waals surface area contributed by atoms with E-state index in [2.05, 4.69) is 53.8 Å². The van der Waals surface area contributed by atoms with E-state index in [4.69, 9.17) is 4.74 Å². The van der Waals surface area contributed by atoms with Crippen LogP contribution < -0.4 is 5.32 Å². The lowest BCUT2D eigenvalue weighted by Gasteiger charge is -2.42. The first kappa shape index (κ1) is 23.0. The highest BCUT2D eigenvalue weighted by Crippen LogP contribution is 2.31. The summed E-state index contributed by atoms with van der Waals surface area (Å²) in [6.45, 7) is 11.3. The highest BCUT2D eigenvalue weighted by atomic mass is 79.9. The van der Waals surface area contributed by atoms with Gasteiger partial charge in [-0.15, -0.1) is 0 Å². The SMILES string of the molecule is C=CN(C(=CCCCC)C(=O)N1CCC2NCCOC2C1)C(C)c1ccccc1Br. The number of hydrogen-bond acceptors (Lipinski definition) is 4. The lowest BCUT2D eigenvalue weighted by molar-refractivity contribution is -0.135. The number of morpholine rings is 1. The molecule has 1 N–H and O–H groups in total. The summed E-state index contributed by atoms with van der Waals surface area (Å²) in [5.41, 5.74) is 1.84. The Morgan fingerprint density at radius 2 is 2.27 bits per heavy atom. The predicted molar refractivity (Wildman–Crippen MR) is 125 cm³/mol. The van der Waals surface area contributed by atoms with Gasteiger partial charge < -0.3 is 19.9 Å². The van der Waals surface area contributed by atoms with E-state index in [0.29, 0.717) is 24.9 Å². The van der Waals surface area contributed by atoms with Crippen LogP contribution in [0.5, 0.6) is 0 Å². The molecule has 0 bridgehead atoms. The van der Waals surface area contributed by atoms with Gasteiger partial charge in [0, 0.05) is 30.1 Å². The van der Waals surface area contributed by atoms with Crippen LogP contribution in [-0.4, -0.2) is 54.1 Å². The average molecular weight is 476 g/mol. The molecule has 0 aromatic heterocycles. The fourth-order valence-corrected chi connectivity index (χ4v) is 4.91. The Hall–Kier alpha value is -1.63. The van der Waals surface area contributed by atoms with Crippen molar-refractivity contribution in [2.45, 2.75) is 57.7 Å². The largest absolute Gasteiger partial charge is 0.373 e. The van der Waals surface area contributed by atoms with Crippen molar-refractivity contribution < 1.29 is 9.53 Å². The van der Waals surface area contributed by atoms with Crippen molar-refractivity contribution >= 4 is 21.8 Å². The summed E-state index contributed by atoms with van der Waals surface area (Å²) in [5.74, 6) is 0.0672. The summed E-state index contributed by atoms with van der Waals surface area (Å²) in [4.78, 5) is 17.6. The zero-order chi connectivity index (χ0) is 21.5. The summed E-state index contributed by atoms with van der Waals surface area (Å²) >= 11 is 3.66. The van der Waals surface area contributed by atoms with Crippen LogP contribution in [0.25, 0.3) is 0 Å². The number of piperidine rings is 1. The number of likely N-dealkylation sites (tertiary alicyclic amines) is 1. The van der Waals surface area contributed by atoms with Gasteiger partial charge in [-0.2, -0.15) is 0 Å². The molecule has 0 saturated carbocycles. The van der Waals surface area contributed by atoms with Gasteiger partial charge in [0.2, 0.25) is 0 Å². The number of carbonyl (C=O) groups excluding carboxylic acids is 1. The number of allylic oxidation sites excluding steroid dienone is 1. The van der Waals surface area contributed by atoms with Crippen LogP contribution in [0.1, 0.15) is 51.1 Å². The van der Waals surface area contributed by atoms with Crippen LogP contribution >= 0.6 is 15.9 Å². The van der Waals surface area contributed by atoms with Crippen molar-refractivity contribution in [3.8, 4) is 0 Å². The second kappa shape index (κ2) is 11.1. The van der Waals surface area contributed by atoms with Gasteiger partial charge in [-0.3, -0.25) is 4.79 Å². The molecule has 3 atom stereocenters. The van der Waals surface area contributed by atoms with Gasteiger partial charge in [-0.05, 0) is 44.0 Å². The van der Waals surface area contributed by atoms with Gasteiger partial charge in [-0.1, -0.05) is 60.1 Å². The Labute approximate surface area is 189 Å². The summed E-state index contributed by atoms with van der Waals surface area (Å²) in [6.07, 6.45) is 7.90. The smallest absolute Gasteiger partial charge is 0.270 e. The zero-order valence-electron chi connectivity index (χ0n) is 18.1. The van der Waals surface area contributed by atoms with Crippen molar-refractivity contribution in [3.63, 3.8) is 0 Å². The topological polar surface area (TPSA) is 44.8 Å². The number of fused-ring (bicyclic) bond motifs is 1. The Balaban J connectivity index is 1.83. The molecule has 3 rings (SSSR count). The number of nitrogens with zero attached hydrogens (tertiary/aromatic N) is 2. The Bertz CT molecular complexity index is 767. The molecule has 2 aliphatic heterocycles. The third kappa shape index (κ3) is 5.34. The number of amides is 1. The predicted octanol–water partition coefficient (Wildman–Crippen LogP) is 4.62. The minimum absolute atomic E-state index is 0.0139. The Morgan fingerprint density at radius 3 is 3.00 bits per heavy atom. The second-order valence-corrected chi connectivity index (χ2v) is 8.88. The van der Waals surface area contributed by atoms with Crippen molar-refractivity contribution in [2.24, 2.45) is 0 Å². The third-order valence-corrected chi connectivity index (χ3v) is 6.77. The molecule has 164 valence electrons. The van der Waals surface area contributed by atoms with Crippen molar-refractivity contribution in [2.75, 3.05) is 26.2 Å². The van der Waals surface area contributed by atoms with Crippen LogP contribution in [0.4, 0.5) is 0 Å². The molecule has 0 aliphatic carbocycles. The molecule has 1 aromatic rings. The number of rotatable bonds is 8. The summed E-state index contributed by atoms with van der Waals surface area (Å²) in [5, 5.41) is 3.52. The van der Waals surface area contributed by atoms with E-state index < -0.39 is 0 Å². The number of benzene rings is 1. The standard InChI is InChI=1S/C24H34BrN3O2/c1-4-6-7-12-22(28(5-2)18(3)19-10-8-9-11-20(19)25)24(29)27-15-13-21-23(17-27)30-16-14-26-21/h5,8-12,18,21,23,26H,2,4,6-7,13-17H2,1,3H3. The summed E-state index contributed by atoms with van der Waals surface area (Å²) < 4.78 is 6.98. The van der Waals surface area contributed by atoms with Crippen molar-refractivity contribution in [1.29, 1.82) is 0 Å². The maximum Gasteiger partial charge on any atom is 0.270 e. The van der Waals surface area contributed by atoms with Gasteiger partial charge in [-0.25, -0.2) is 0 Å². The average Bonchev–Trinajstić information content (AvgIpc) is 2.78. The van der Waals surface area contributed by atoms with E-state index in [0.717, 1.165) is 48.8 Å². The molecular weight excluding hydrogens is 442 g/mol. The molecule has 3 unspecified atom stereocenters. The second-order valence-electron chi connectivity index (χ2n) is 8.03. The molecule has 2 aliphatic rings. The molecule has 1 aromatic carbocycles. The highest BCUT2D eigenvalue weighted by Gasteiger charge is 2.36. The van der Waals surface area contributed by atoms with Crippen LogP contribution in [0.3, 0.4) is 0 Å². The fourth-order valence-electron chi connectivity index (χ4n) is 4.29. The van der Waals surface area contributed by atoms with Crippen molar-refractivity contribution in [1.82, 2.24) is 15.1 Å². The number of unbranched alkanes of at least 4 members (excludes halogenated alkanes) is 2. The van der Waals surface area contributed by atoms with Crippen LogP contribution in [0.15, 0.2) is 53.3 Å². The number of ether oxygens (including phenoxy) is 1. The van der Waals surface area contributed by atoms with Crippen LogP contribution in [0, 0.1) is 0 Å². The number of carbonyl (C=O) groups is 1. The van der Waals surface area contributed by atoms with Gasteiger partial charge in [0.1, 0.15) is 5.70 Å². The fraction of sp³-hybridized carbons (Fsp3) is 0.542. The Morgan fingerprint density at radius 1 is 1.47 bits per heavy atom. The first-order chi connectivity index (χ1) is 14.6. The molecule has 1 amide bonds. The molecule has 0 spiro atoms. The first-order valence-corrected chi connectivity index (χ1v) is 11.9. The molecule has 2 fully saturated rings. The maximum atomic E-state index is 13.7. The number of hydrogen-bond donors (Lipinski definition) is 1. The lowest BCUT2D eigenvalue weighted by Crippen LogP contribution is -2.59. The van der Waals surface area contributed by atoms with Gasteiger partial charge in [0.25, 0.3) is 5.91 Å².